The topological polar surface area (TPSA) is 49.8 Å². The number of hydrogen-bond acceptors (Lipinski definition) is 4. The molecule has 0 bridgehead atoms. The zero-order valence-electron chi connectivity index (χ0n) is 6.52. The van der Waals surface area contributed by atoms with Crippen LogP contribution >= 0.6 is 0 Å². The van der Waals surface area contributed by atoms with Crippen LogP contribution in [0.5, 0.6) is 0 Å². The summed E-state index contributed by atoms with van der Waals surface area (Å²) in [6.07, 6.45) is 1.28. The zero-order chi connectivity index (χ0) is 8.27. The smallest absolute Gasteiger partial charge is 0.0958 e. The summed E-state index contributed by atoms with van der Waals surface area (Å²) in [5.74, 6) is 0.604. The first-order valence-corrected chi connectivity index (χ1v) is 5.27. The lowest BCUT2D eigenvalue weighted by Crippen LogP contribution is -2.25. The molecule has 66 valence electrons. The van der Waals surface area contributed by atoms with Crippen LogP contribution in [-0.4, -0.2) is 52.2 Å². The molecule has 0 amide bonds. The molecule has 0 aromatic rings. The number of aliphatic hydroxyl groups excluding tert-OH is 1. The molecule has 0 saturated carbocycles. The van der Waals surface area contributed by atoms with Crippen LogP contribution in [0.4, 0.5) is 0 Å². The number of hydroxylamine groups is 2. The number of rotatable bonds is 3. The van der Waals surface area contributed by atoms with E-state index in [0.29, 0.717) is 25.4 Å². The van der Waals surface area contributed by atoms with Gasteiger partial charge in [0.1, 0.15) is 0 Å². The van der Waals surface area contributed by atoms with E-state index in [-0.39, 0.29) is 6.10 Å². The Labute approximate surface area is 68.6 Å². The van der Waals surface area contributed by atoms with E-state index in [1.807, 2.05) is 0 Å². The van der Waals surface area contributed by atoms with Gasteiger partial charge in [-0.15, -0.1) is 0 Å². The quantitative estimate of drug-likeness (QED) is 0.602. The third-order valence-corrected chi connectivity index (χ3v) is 2.25. The van der Waals surface area contributed by atoms with Crippen LogP contribution in [0.2, 0.25) is 0 Å². The summed E-state index contributed by atoms with van der Waals surface area (Å²) in [7, 11) is -0.776. The van der Waals surface area contributed by atoms with Crippen molar-refractivity contribution in [3.8, 4) is 0 Å². The van der Waals surface area contributed by atoms with Gasteiger partial charge in [-0.2, -0.15) is 5.06 Å². The van der Waals surface area contributed by atoms with E-state index in [0.717, 1.165) is 0 Å². The van der Waals surface area contributed by atoms with E-state index in [2.05, 4.69) is 0 Å². The number of hydrogen-bond donors (Lipinski definition) is 1. The molecule has 1 N–H and O–H groups in total. The molecule has 0 aromatic heterocycles. The van der Waals surface area contributed by atoms with E-state index in [1.165, 1.54) is 0 Å². The third kappa shape index (κ3) is 3.29. The number of aliphatic hydroxyl groups is 1. The third-order valence-electron chi connectivity index (χ3n) is 1.49. The summed E-state index contributed by atoms with van der Waals surface area (Å²) < 4.78 is 10.6. The van der Waals surface area contributed by atoms with Crippen LogP contribution < -0.4 is 0 Å². The predicted molar refractivity (Wildman–Crippen MR) is 42.5 cm³/mol. The Kier molecular flexibility index (Phi) is 3.45. The Morgan fingerprint density at radius 1 is 1.82 bits per heavy atom. The summed E-state index contributed by atoms with van der Waals surface area (Å²) >= 11 is 0. The maximum Gasteiger partial charge on any atom is 0.0958 e. The fraction of sp³-hybridized carbons (Fsp3) is 1.00. The Hall–Kier alpha value is 0.0300. The Morgan fingerprint density at radius 3 is 3.00 bits per heavy atom. The van der Waals surface area contributed by atoms with Gasteiger partial charge in [0.15, 0.2) is 0 Å². The largest absolute Gasteiger partial charge is 0.389 e. The second-order valence-corrected chi connectivity index (χ2v) is 4.17. The highest BCUT2D eigenvalue weighted by Crippen LogP contribution is 2.04. The van der Waals surface area contributed by atoms with E-state index >= 15 is 0 Å². The van der Waals surface area contributed by atoms with Gasteiger partial charge in [0.05, 0.1) is 19.3 Å². The zero-order valence-corrected chi connectivity index (χ0v) is 7.34. The SMILES string of the molecule is CS(=O)CCN1CC(O)CO1. The van der Waals surface area contributed by atoms with Crippen molar-refractivity contribution in [2.24, 2.45) is 0 Å². The van der Waals surface area contributed by atoms with Gasteiger partial charge in [0.25, 0.3) is 0 Å². The lowest BCUT2D eigenvalue weighted by molar-refractivity contribution is -0.105. The Morgan fingerprint density at radius 2 is 2.55 bits per heavy atom. The molecular weight excluding hydrogens is 166 g/mol. The maximum absolute atomic E-state index is 10.6. The molecule has 2 atom stereocenters. The second-order valence-electron chi connectivity index (χ2n) is 2.61. The van der Waals surface area contributed by atoms with Crippen LogP contribution in [0.1, 0.15) is 0 Å². The average molecular weight is 179 g/mol. The highest BCUT2D eigenvalue weighted by molar-refractivity contribution is 7.84. The minimum Gasteiger partial charge on any atom is -0.389 e. The van der Waals surface area contributed by atoms with E-state index in [4.69, 9.17) is 9.94 Å². The molecule has 0 aromatic carbocycles. The van der Waals surface area contributed by atoms with Crippen molar-refractivity contribution < 1.29 is 14.2 Å². The predicted octanol–water partition coefficient (Wildman–Crippen LogP) is -1.03. The monoisotopic (exact) mass is 179 g/mol. The molecule has 1 fully saturated rings. The van der Waals surface area contributed by atoms with Crippen LogP contribution in [0.3, 0.4) is 0 Å². The van der Waals surface area contributed by atoms with Crippen molar-refractivity contribution in [3.05, 3.63) is 0 Å². The summed E-state index contributed by atoms with van der Waals surface area (Å²) in [5.41, 5.74) is 0. The molecule has 11 heavy (non-hydrogen) atoms. The normalized spacial score (nSPS) is 29.1. The van der Waals surface area contributed by atoms with Gasteiger partial charge < -0.3 is 5.11 Å². The van der Waals surface area contributed by atoms with Crippen molar-refractivity contribution in [2.75, 3.05) is 31.7 Å². The molecule has 2 unspecified atom stereocenters. The first-order valence-electron chi connectivity index (χ1n) is 3.54. The van der Waals surface area contributed by atoms with Gasteiger partial charge in [-0.3, -0.25) is 9.05 Å². The Bertz CT molecular complexity index is 153. The van der Waals surface area contributed by atoms with Gasteiger partial charge in [0, 0.05) is 29.4 Å². The molecule has 5 heteroatoms. The first-order chi connectivity index (χ1) is 5.18. The summed E-state index contributed by atoms with van der Waals surface area (Å²) in [5, 5.41) is 10.7. The molecule has 1 heterocycles. The molecular formula is C6H13NO3S. The van der Waals surface area contributed by atoms with Gasteiger partial charge in [-0.05, 0) is 0 Å². The summed E-state index contributed by atoms with van der Waals surface area (Å²) in [6, 6.07) is 0. The van der Waals surface area contributed by atoms with Crippen molar-refractivity contribution >= 4 is 10.8 Å². The van der Waals surface area contributed by atoms with Crippen LogP contribution in [0.25, 0.3) is 0 Å². The summed E-state index contributed by atoms with van der Waals surface area (Å²) in [4.78, 5) is 5.06. The molecule has 1 rings (SSSR count). The van der Waals surface area contributed by atoms with Crippen LogP contribution in [-0.2, 0) is 15.6 Å². The van der Waals surface area contributed by atoms with E-state index < -0.39 is 10.8 Å². The molecule has 4 nitrogen and oxygen atoms in total. The minimum atomic E-state index is -0.776. The minimum absolute atomic E-state index is 0.371. The summed E-state index contributed by atoms with van der Waals surface area (Å²) in [6.45, 7) is 1.55. The molecule has 0 radical (unpaired) electrons. The Balaban J connectivity index is 2.13. The van der Waals surface area contributed by atoms with E-state index in [9.17, 15) is 4.21 Å². The van der Waals surface area contributed by atoms with E-state index in [1.54, 1.807) is 11.3 Å². The first kappa shape index (κ1) is 9.12. The number of nitrogens with zero attached hydrogens (tertiary/aromatic N) is 1. The lowest BCUT2D eigenvalue weighted by atomic mass is 10.4. The average Bonchev–Trinajstić information content (AvgIpc) is 2.31. The van der Waals surface area contributed by atoms with Gasteiger partial charge in [0.2, 0.25) is 0 Å². The van der Waals surface area contributed by atoms with Gasteiger partial charge in [-0.1, -0.05) is 0 Å². The maximum atomic E-state index is 10.6. The molecule has 0 spiro atoms. The number of β-amino-alcohol motifs (C(OH)–C–C–N with tert-alkyl or cyclic N) is 1. The molecule has 0 aliphatic carbocycles. The molecule has 1 aliphatic heterocycles. The van der Waals surface area contributed by atoms with Crippen LogP contribution in [0.15, 0.2) is 0 Å². The van der Waals surface area contributed by atoms with Gasteiger partial charge >= 0.3 is 0 Å². The van der Waals surface area contributed by atoms with Crippen molar-refractivity contribution in [1.29, 1.82) is 0 Å². The standard InChI is InChI=1S/C6H13NO3S/c1-11(9)3-2-7-4-6(8)5-10-7/h6,8H,2-5H2,1H3. The van der Waals surface area contributed by atoms with Crippen molar-refractivity contribution in [3.63, 3.8) is 0 Å². The van der Waals surface area contributed by atoms with Crippen molar-refractivity contribution in [2.45, 2.75) is 6.10 Å². The highest BCUT2D eigenvalue weighted by atomic mass is 32.2. The van der Waals surface area contributed by atoms with Crippen LogP contribution in [0, 0.1) is 0 Å². The second kappa shape index (κ2) is 4.15. The molecule has 1 saturated heterocycles. The molecule has 1 aliphatic rings. The fourth-order valence-corrected chi connectivity index (χ4v) is 1.38. The van der Waals surface area contributed by atoms with Crippen molar-refractivity contribution in [1.82, 2.24) is 5.06 Å². The fourth-order valence-electron chi connectivity index (χ4n) is 0.918. The lowest BCUT2D eigenvalue weighted by Gasteiger charge is -2.11. The van der Waals surface area contributed by atoms with Gasteiger partial charge in [-0.25, -0.2) is 0 Å². The highest BCUT2D eigenvalue weighted by Gasteiger charge is 2.20.